The largest absolute Gasteiger partial charge is 0.294 e. The van der Waals surface area contributed by atoms with Crippen LogP contribution in [0.3, 0.4) is 0 Å². The maximum Gasteiger partial charge on any atom is 0.0642 e. The average molecular weight is 287 g/mol. The monoisotopic (exact) mass is 286 g/mol. The molecule has 0 unspecified atom stereocenters. The standard InChI is InChI=1S/C16H15ClN2O/c1-18-16-8-7-13(17)11-15(16)14(9-10-19(18)20)12-5-3-2-4-6-12/h2-9,11,20H,10H2,1H3. The molecule has 0 saturated carbocycles. The van der Waals surface area contributed by atoms with E-state index in [1.54, 1.807) is 5.01 Å². The van der Waals surface area contributed by atoms with Crippen molar-refractivity contribution in [2.75, 3.05) is 18.6 Å². The Labute approximate surface area is 123 Å². The summed E-state index contributed by atoms with van der Waals surface area (Å²) in [6, 6.07) is 15.8. The molecule has 1 heterocycles. The molecule has 102 valence electrons. The summed E-state index contributed by atoms with van der Waals surface area (Å²) in [5.41, 5.74) is 4.12. The minimum absolute atomic E-state index is 0.424. The molecule has 2 aromatic carbocycles. The van der Waals surface area contributed by atoms with Crippen LogP contribution in [0, 0.1) is 0 Å². The van der Waals surface area contributed by atoms with Gasteiger partial charge in [0.15, 0.2) is 0 Å². The lowest BCUT2D eigenvalue weighted by Gasteiger charge is -2.26. The Bertz CT molecular complexity index is 655. The van der Waals surface area contributed by atoms with E-state index >= 15 is 0 Å². The molecule has 1 aliphatic heterocycles. The molecule has 0 aromatic heterocycles. The lowest BCUT2D eigenvalue weighted by Crippen LogP contribution is -2.36. The van der Waals surface area contributed by atoms with E-state index in [2.05, 4.69) is 12.1 Å². The third-order valence-electron chi connectivity index (χ3n) is 3.49. The molecule has 20 heavy (non-hydrogen) atoms. The molecule has 0 saturated heterocycles. The van der Waals surface area contributed by atoms with Crippen LogP contribution in [-0.2, 0) is 0 Å². The molecule has 0 radical (unpaired) electrons. The first kappa shape index (κ1) is 13.2. The number of nitrogens with zero attached hydrogens (tertiary/aromatic N) is 2. The number of anilines is 1. The Hall–Kier alpha value is -1.81. The molecule has 3 rings (SSSR count). The zero-order valence-electron chi connectivity index (χ0n) is 11.1. The van der Waals surface area contributed by atoms with Gasteiger partial charge >= 0.3 is 0 Å². The SMILES string of the molecule is CN1c2ccc(Cl)cc2C(c2ccccc2)=CCN1O. The molecular formula is C16H15ClN2O. The van der Waals surface area contributed by atoms with Gasteiger partial charge in [0.05, 0.1) is 12.2 Å². The van der Waals surface area contributed by atoms with Crippen LogP contribution in [0.2, 0.25) is 5.02 Å². The maximum atomic E-state index is 10.0. The van der Waals surface area contributed by atoms with Crippen molar-refractivity contribution in [3.63, 3.8) is 0 Å². The number of fused-ring (bicyclic) bond motifs is 1. The van der Waals surface area contributed by atoms with Gasteiger partial charge in [-0.25, -0.2) is 0 Å². The quantitative estimate of drug-likeness (QED) is 0.863. The van der Waals surface area contributed by atoms with E-state index in [9.17, 15) is 5.21 Å². The Morgan fingerprint density at radius 3 is 2.60 bits per heavy atom. The second-order valence-electron chi connectivity index (χ2n) is 4.72. The van der Waals surface area contributed by atoms with Gasteiger partial charge in [-0.1, -0.05) is 53.2 Å². The van der Waals surface area contributed by atoms with Crippen molar-refractivity contribution in [1.29, 1.82) is 0 Å². The van der Waals surface area contributed by atoms with Crippen molar-refractivity contribution < 1.29 is 5.21 Å². The summed E-state index contributed by atoms with van der Waals surface area (Å²) in [6.07, 6.45) is 2.01. The zero-order valence-corrected chi connectivity index (χ0v) is 11.9. The molecule has 3 nitrogen and oxygen atoms in total. The summed E-state index contributed by atoms with van der Waals surface area (Å²) >= 11 is 6.14. The van der Waals surface area contributed by atoms with Crippen molar-refractivity contribution >= 4 is 22.9 Å². The predicted molar refractivity (Wildman–Crippen MR) is 81.9 cm³/mol. The number of halogens is 1. The van der Waals surface area contributed by atoms with Crippen LogP contribution in [0.1, 0.15) is 11.1 Å². The first-order valence-corrected chi connectivity index (χ1v) is 6.80. The molecule has 0 fully saturated rings. The molecule has 0 atom stereocenters. The fourth-order valence-electron chi connectivity index (χ4n) is 2.43. The van der Waals surface area contributed by atoms with Crippen LogP contribution in [0.25, 0.3) is 5.57 Å². The summed E-state index contributed by atoms with van der Waals surface area (Å²) < 4.78 is 0. The molecule has 0 bridgehead atoms. The molecule has 1 N–H and O–H groups in total. The van der Waals surface area contributed by atoms with Gasteiger partial charge in [0.1, 0.15) is 0 Å². The van der Waals surface area contributed by atoms with E-state index in [1.165, 1.54) is 5.17 Å². The summed E-state index contributed by atoms with van der Waals surface area (Å²) in [7, 11) is 1.83. The Morgan fingerprint density at radius 2 is 1.85 bits per heavy atom. The Morgan fingerprint density at radius 1 is 1.10 bits per heavy atom. The van der Waals surface area contributed by atoms with Gasteiger partial charge in [-0.15, -0.1) is 0 Å². The van der Waals surface area contributed by atoms with Gasteiger partial charge in [-0.05, 0) is 29.3 Å². The van der Waals surface area contributed by atoms with Crippen LogP contribution in [0.15, 0.2) is 54.6 Å². The summed E-state index contributed by atoms with van der Waals surface area (Å²) in [5.74, 6) is 0. The van der Waals surface area contributed by atoms with Gasteiger partial charge in [-0.2, -0.15) is 0 Å². The highest BCUT2D eigenvalue weighted by atomic mass is 35.5. The van der Waals surface area contributed by atoms with E-state index < -0.39 is 0 Å². The maximum absolute atomic E-state index is 10.0. The fraction of sp³-hybridized carbons (Fsp3) is 0.125. The predicted octanol–water partition coefficient (Wildman–Crippen LogP) is 3.83. The van der Waals surface area contributed by atoms with Crippen LogP contribution in [0.4, 0.5) is 5.69 Å². The lowest BCUT2D eigenvalue weighted by atomic mass is 9.96. The van der Waals surface area contributed by atoms with Crippen molar-refractivity contribution in [3.05, 3.63) is 70.8 Å². The first-order valence-electron chi connectivity index (χ1n) is 6.42. The topological polar surface area (TPSA) is 26.7 Å². The second-order valence-corrected chi connectivity index (χ2v) is 5.16. The Kier molecular flexibility index (Phi) is 3.49. The number of hydroxylamine groups is 1. The molecule has 0 aliphatic carbocycles. The van der Waals surface area contributed by atoms with Gasteiger partial charge < -0.3 is 0 Å². The van der Waals surface area contributed by atoms with Crippen LogP contribution in [-0.4, -0.2) is 24.0 Å². The fourth-order valence-corrected chi connectivity index (χ4v) is 2.60. The molecule has 0 spiro atoms. The highest BCUT2D eigenvalue weighted by molar-refractivity contribution is 6.31. The highest BCUT2D eigenvalue weighted by Gasteiger charge is 2.20. The smallest absolute Gasteiger partial charge is 0.0642 e. The van der Waals surface area contributed by atoms with E-state index in [-0.39, 0.29) is 0 Å². The average Bonchev–Trinajstić information content (AvgIpc) is 2.58. The van der Waals surface area contributed by atoms with Gasteiger partial charge in [-0.3, -0.25) is 10.2 Å². The summed E-state index contributed by atoms with van der Waals surface area (Å²) in [6.45, 7) is 0.424. The first-order chi connectivity index (χ1) is 9.66. The minimum Gasteiger partial charge on any atom is -0.294 e. The number of hydrogen-bond donors (Lipinski definition) is 1. The number of benzene rings is 2. The molecular weight excluding hydrogens is 272 g/mol. The lowest BCUT2D eigenvalue weighted by molar-refractivity contribution is -0.0863. The third kappa shape index (κ3) is 2.31. The van der Waals surface area contributed by atoms with Gasteiger partial charge in [0.2, 0.25) is 0 Å². The molecule has 2 aromatic rings. The van der Waals surface area contributed by atoms with Crippen LogP contribution >= 0.6 is 11.6 Å². The van der Waals surface area contributed by atoms with E-state index in [1.807, 2.05) is 49.5 Å². The third-order valence-corrected chi connectivity index (χ3v) is 3.72. The molecule has 1 aliphatic rings. The van der Waals surface area contributed by atoms with E-state index in [4.69, 9.17) is 11.6 Å². The van der Waals surface area contributed by atoms with Gasteiger partial charge in [0.25, 0.3) is 0 Å². The van der Waals surface area contributed by atoms with Crippen molar-refractivity contribution in [3.8, 4) is 0 Å². The molecule has 4 heteroatoms. The van der Waals surface area contributed by atoms with E-state index in [0.29, 0.717) is 11.6 Å². The van der Waals surface area contributed by atoms with Crippen LogP contribution < -0.4 is 5.01 Å². The Balaban J connectivity index is 2.20. The normalized spacial score (nSPS) is 15.6. The minimum atomic E-state index is 0.424. The zero-order chi connectivity index (χ0) is 14.1. The van der Waals surface area contributed by atoms with Crippen molar-refractivity contribution in [1.82, 2.24) is 5.17 Å². The highest BCUT2D eigenvalue weighted by Crippen LogP contribution is 2.35. The summed E-state index contributed by atoms with van der Waals surface area (Å²) in [5, 5.41) is 13.6. The van der Waals surface area contributed by atoms with Crippen molar-refractivity contribution in [2.24, 2.45) is 0 Å². The van der Waals surface area contributed by atoms with Crippen LogP contribution in [0.5, 0.6) is 0 Å². The summed E-state index contributed by atoms with van der Waals surface area (Å²) in [4.78, 5) is 0. The van der Waals surface area contributed by atoms with Crippen molar-refractivity contribution in [2.45, 2.75) is 0 Å². The number of rotatable bonds is 1. The number of hydrazine groups is 1. The molecule has 0 amide bonds. The number of hydrogen-bond acceptors (Lipinski definition) is 3. The van der Waals surface area contributed by atoms with E-state index in [0.717, 1.165) is 22.4 Å². The van der Waals surface area contributed by atoms with Gasteiger partial charge in [0, 0.05) is 17.6 Å². The second kappa shape index (κ2) is 5.29.